The molecule has 0 saturated carbocycles. The van der Waals surface area contributed by atoms with E-state index in [2.05, 4.69) is 10.1 Å². The van der Waals surface area contributed by atoms with E-state index in [1.807, 2.05) is 30.3 Å². The number of nitrogens with zero attached hydrogens (tertiary/aromatic N) is 3. The van der Waals surface area contributed by atoms with Gasteiger partial charge in [-0.1, -0.05) is 30.3 Å². The van der Waals surface area contributed by atoms with Crippen LogP contribution in [0, 0.1) is 0 Å². The zero-order valence-corrected chi connectivity index (χ0v) is 8.77. The molecule has 0 saturated heterocycles. The van der Waals surface area contributed by atoms with Crippen LogP contribution >= 0.6 is 11.8 Å². The van der Waals surface area contributed by atoms with Crippen molar-refractivity contribution in [2.24, 2.45) is 10.1 Å². The Labute approximate surface area is 94.8 Å². The molecular formula is C10H5N3O2S. The maximum Gasteiger partial charge on any atom is 0.341 e. The number of amidine groups is 1. The Morgan fingerprint density at radius 2 is 1.88 bits per heavy atom. The normalized spacial score (nSPS) is 18.6. The molecule has 0 atom stereocenters. The molecule has 2 amide bonds. The smallest absolute Gasteiger partial charge is 0.261 e. The molecule has 5 nitrogen and oxygen atoms in total. The van der Waals surface area contributed by atoms with Gasteiger partial charge in [-0.15, -0.1) is 0 Å². The third kappa shape index (κ3) is 1.27. The van der Waals surface area contributed by atoms with E-state index in [4.69, 9.17) is 0 Å². The summed E-state index contributed by atoms with van der Waals surface area (Å²) in [5.41, 5.74) is 0.907. The van der Waals surface area contributed by atoms with Gasteiger partial charge in [-0.2, -0.15) is 15.1 Å². The minimum absolute atomic E-state index is 0.342. The number of benzene rings is 1. The minimum atomic E-state index is -0.752. The monoisotopic (exact) mass is 231 g/mol. The molecule has 2 heterocycles. The fourth-order valence-electron chi connectivity index (χ4n) is 1.41. The van der Waals surface area contributed by atoms with Crippen molar-refractivity contribution in [1.29, 1.82) is 0 Å². The number of amides is 2. The predicted molar refractivity (Wildman–Crippen MR) is 59.9 cm³/mol. The van der Waals surface area contributed by atoms with Crippen molar-refractivity contribution in [3.63, 3.8) is 0 Å². The van der Waals surface area contributed by atoms with Gasteiger partial charge in [0.15, 0.2) is 0 Å². The van der Waals surface area contributed by atoms with Gasteiger partial charge < -0.3 is 0 Å². The summed E-state index contributed by atoms with van der Waals surface area (Å²) in [7, 11) is 0. The number of hydrazone groups is 1. The van der Waals surface area contributed by atoms with Gasteiger partial charge >= 0.3 is 11.8 Å². The summed E-state index contributed by atoms with van der Waals surface area (Å²) in [6.45, 7) is 0. The van der Waals surface area contributed by atoms with Crippen molar-refractivity contribution in [3.8, 4) is 0 Å². The van der Waals surface area contributed by atoms with Gasteiger partial charge in [0.2, 0.25) is 5.17 Å². The van der Waals surface area contributed by atoms with E-state index < -0.39 is 11.8 Å². The van der Waals surface area contributed by atoms with Crippen LogP contribution < -0.4 is 0 Å². The van der Waals surface area contributed by atoms with Crippen LogP contribution in [-0.4, -0.2) is 27.0 Å². The predicted octanol–water partition coefficient (Wildman–Crippen LogP) is 0.820. The first kappa shape index (κ1) is 9.29. The molecule has 0 aliphatic carbocycles. The summed E-state index contributed by atoms with van der Waals surface area (Å²) in [4.78, 5) is 25.9. The maximum atomic E-state index is 11.3. The fraction of sp³-hybridized carbons (Fsp3) is 0. The van der Waals surface area contributed by atoms with E-state index in [-0.39, 0.29) is 0 Å². The summed E-state index contributed by atoms with van der Waals surface area (Å²) < 4.78 is 0. The molecular weight excluding hydrogens is 226 g/mol. The van der Waals surface area contributed by atoms with Crippen LogP contribution in [0.25, 0.3) is 0 Å². The van der Waals surface area contributed by atoms with Gasteiger partial charge in [0, 0.05) is 5.56 Å². The highest BCUT2D eigenvalue weighted by Gasteiger charge is 2.39. The molecule has 0 spiro atoms. The number of carbonyl (C=O) groups excluding carboxylic acids is 2. The molecule has 0 N–H and O–H groups in total. The quantitative estimate of drug-likeness (QED) is 0.672. The number of thioether (sulfide) groups is 1. The van der Waals surface area contributed by atoms with E-state index in [9.17, 15) is 9.59 Å². The zero-order chi connectivity index (χ0) is 11.1. The van der Waals surface area contributed by atoms with E-state index >= 15 is 0 Å². The summed E-state index contributed by atoms with van der Waals surface area (Å²) in [5.74, 6) is -1.44. The fourth-order valence-corrected chi connectivity index (χ4v) is 2.30. The SMILES string of the molecule is O=C1N=C2SC(c3ccccc3)=NN2C1=O. The van der Waals surface area contributed by atoms with Crippen molar-refractivity contribution in [3.05, 3.63) is 35.9 Å². The van der Waals surface area contributed by atoms with E-state index in [1.54, 1.807) is 0 Å². The number of aliphatic imine (C=N–C) groups is 1. The summed E-state index contributed by atoms with van der Waals surface area (Å²) in [5, 5.41) is 6.14. The summed E-state index contributed by atoms with van der Waals surface area (Å²) in [6, 6.07) is 9.45. The van der Waals surface area contributed by atoms with Gasteiger partial charge in [0.25, 0.3) is 0 Å². The van der Waals surface area contributed by atoms with Gasteiger partial charge in [-0.25, -0.2) is 0 Å². The topological polar surface area (TPSA) is 62.1 Å². The standard InChI is InChI=1S/C10H5N3O2S/c14-7-9(15)13-10(11-7)16-8(12-13)6-4-2-1-3-5-6/h1-5H. The van der Waals surface area contributed by atoms with E-state index in [0.29, 0.717) is 10.2 Å². The molecule has 78 valence electrons. The van der Waals surface area contributed by atoms with Crippen LogP contribution in [0.15, 0.2) is 40.4 Å². The summed E-state index contributed by atoms with van der Waals surface area (Å²) >= 11 is 1.23. The van der Waals surface area contributed by atoms with Crippen molar-refractivity contribution >= 4 is 33.8 Å². The first-order chi connectivity index (χ1) is 7.75. The van der Waals surface area contributed by atoms with E-state index in [0.717, 1.165) is 10.6 Å². The Morgan fingerprint density at radius 3 is 2.56 bits per heavy atom. The Bertz CT molecular complexity index is 550. The second-order valence-corrected chi connectivity index (χ2v) is 4.15. The Hall–Kier alpha value is -1.95. The molecule has 0 fully saturated rings. The molecule has 2 aliphatic heterocycles. The molecule has 3 rings (SSSR count). The lowest BCUT2D eigenvalue weighted by molar-refractivity contribution is -0.139. The molecule has 16 heavy (non-hydrogen) atoms. The number of rotatable bonds is 1. The highest BCUT2D eigenvalue weighted by Crippen LogP contribution is 2.28. The first-order valence-corrected chi connectivity index (χ1v) is 5.36. The lowest BCUT2D eigenvalue weighted by Gasteiger charge is -1.99. The lowest BCUT2D eigenvalue weighted by Crippen LogP contribution is -2.24. The van der Waals surface area contributed by atoms with Crippen LogP contribution in [0.1, 0.15) is 5.56 Å². The van der Waals surface area contributed by atoms with Crippen molar-refractivity contribution in [1.82, 2.24) is 5.01 Å². The van der Waals surface area contributed by atoms with Crippen molar-refractivity contribution in [2.45, 2.75) is 0 Å². The van der Waals surface area contributed by atoms with Crippen molar-refractivity contribution in [2.75, 3.05) is 0 Å². The number of fused-ring (bicyclic) bond motifs is 1. The summed E-state index contributed by atoms with van der Waals surface area (Å²) in [6.07, 6.45) is 0. The van der Waals surface area contributed by atoms with Crippen LogP contribution in [0.5, 0.6) is 0 Å². The number of carbonyl (C=O) groups is 2. The third-order valence-electron chi connectivity index (χ3n) is 2.15. The molecule has 0 bridgehead atoms. The molecule has 2 aliphatic rings. The van der Waals surface area contributed by atoms with Gasteiger partial charge in [0.1, 0.15) is 5.04 Å². The molecule has 0 aromatic heterocycles. The Morgan fingerprint density at radius 1 is 1.12 bits per heavy atom. The lowest BCUT2D eigenvalue weighted by atomic mass is 10.2. The molecule has 1 aromatic rings. The highest BCUT2D eigenvalue weighted by atomic mass is 32.2. The van der Waals surface area contributed by atoms with Crippen molar-refractivity contribution < 1.29 is 9.59 Å². The van der Waals surface area contributed by atoms with Crippen LogP contribution in [0.3, 0.4) is 0 Å². The van der Waals surface area contributed by atoms with Crippen LogP contribution in [0.4, 0.5) is 0 Å². The Balaban J connectivity index is 1.97. The number of hydrogen-bond acceptors (Lipinski definition) is 4. The van der Waals surface area contributed by atoms with E-state index in [1.165, 1.54) is 11.8 Å². The van der Waals surface area contributed by atoms with Gasteiger partial charge in [0.05, 0.1) is 0 Å². The third-order valence-corrected chi connectivity index (χ3v) is 3.11. The minimum Gasteiger partial charge on any atom is -0.261 e. The van der Waals surface area contributed by atoms with Gasteiger partial charge in [-0.05, 0) is 11.8 Å². The zero-order valence-electron chi connectivity index (χ0n) is 7.95. The first-order valence-electron chi connectivity index (χ1n) is 4.55. The second-order valence-electron chi connectivity index (χ2n) is 3.19. The largest absolute Gasteiger partial charge is 0.341 e. The Kier molecular flexibility index (Phi) is 1.90. The average molecular weight is 231 g/mol. The number of hydrogen-bond donors (Lipinski definition) is 0. The van der Waals surface area contributed by atoms with Gasteiger partial charge in [-0.3, -0.25) is 9.59 Å². The molecule has 0 radical (unpaired) electrons. The second kappa shape index (κ2) is 3.28. The highest BCUT2D eigenvalue weighted by molar-refractivity contribution is 8.27. The molecule has 0 unspecified atom stereocenters. The molecule has 1 aromatic carbocycles. The van der Waals surface area contributed by atoms with Crippen LogP contribution in [0.2, 0.25) is 0 Å². The molecule has 6 heteroatoms. The maximum absolute atomic E-state index is 11.3. The average Bonchev–Trinajstić information content (AvgIpc) is 2.82. The van der Waals surface area contributed by atoms with Crippen LogP contribution in [-0.2, 0) is 9.59 Å².